The van der Waals surface area contributed by atoms with Gasteiger partial charge in [-0.25, -0.2) is 14.2 Å². The van der Waals surface area contributed by atoms with Crippen molar-refractivity contribution in [1.82, 2.24) is 4.57 Å². The molecule has 7 nitrogen and oxygen atoms in total. The van der Waals surface area contributed by atoms with Gasteiger partial charge in [-0.1, -0.05) is 53.3 Å². The summed E-state index contributed by atoms with van der Waals surface area (Å²) in [6.07, 6.45) is 1.75. The van der Waals surface area contributed by atoms with Crippen LogP contribution in [0.5, 0.6) is 11.5 Å². The normalized spacial score (nSPS) is 14.9. The molecule has 0 fully saturated rings. The van der Waals surface area contributed by atoms with Crippen LogP contribution in [0.4, 0.5) is 4.39 Å². The molecule has 210 valence electrons. The Morgan fingerprint density at radius 2 is 1.83 bits per heavy atom. The Kier molecular flexibility index (Phi) is 8.37. The molecule has 1 aliphatic heterocycles. The predicted octanol–water partition coefficient (Wildman–Crippen LogP) is 5.18. The van der Waals surface area contributed by atoms with Crippen molar-refractivity contribution in [2.75, 3.05) is 13.7 Å². The number of halogens is 2. The first-order chi connectivity index (χ1) is 19.8. The fourth-order valence-corrected chi connectivity index (χ4v) is 5.71. The van der Waals surface area contributed by atoms with E-state index in [-0.39, 0.29) is 24.6 Å². The van der Waals surface area contributed by atoms with Gasteiger partial charge in [0.15, 0.2) is 16.3 Å². The number of thiazole rings is 1. The summed E-state index contributed by atoms with van der Waals surface area (Å²) in [5.41, 5.74) is 2.73. The van der Waals surface area contributed by atoms with Gasteiger partial charge in [0, 0.05) is 5.02 Å². The van der Waals surface area contributed by atoms with Gasteiger partial charge in [-0.05, 0) is 73.0 Å². The fourth-order valence-electron chi connectivity index (χ4n) is 4.54. The number of esters is 1. The van der Waals surface area contributed by atoms with Gasteiger partial charge in [-0.15, -0.1) is 0 Å². The van der Waals surface area contributed by atoms with Crippen LogP contribution in [0, 0.1) is 5.82 Å². The third kappa shape index (κ3) is 5.96. The summed E-state index contributed by atoms with van der Waals surface area (Å²) in [5.74, 6) is 0.151. The van der Waals surface area contributed by atoms with Crippen molar-refractivity contribution < 1.29 is 23.4 Å². The molecule has 5 rings (SSSR count). The van der Waals surface area contributed by atoms with Gasteiger partial charge in [-0.3, -0.25) is 9.36 Å². The molecule has 0 N–H and O–H groups in total. The second-order valence-corrected chi connectivity index (χ2v) is 10.6. The average Bonchev–Trinajstić information content (AvgIpc) is 3.26. The molecule has 0 spiro atoms. The maximum Gasteiger partial charge on any atom is 0.338 e. The van der Waals surface area contributed by atoms with Gasteiger partial charge in [0.2, 0.25) is 0 Å². The zero-order chi connectivity index (χ0) is 29.1. The Bertz CT molecular complexity index is 1810. The molecular formula is C31H26ClFN2O5S. The van der Waals surface area contributed by atoms with Crippen molar-refractivity contribution in [1.29, 1.82) is 0 Å². The monoisotopic (exact) mass is 592 g/mol. The summed E-state index contributed by atoms with van der Waals surface area (Å²) in [4.78, 5) is 31.9. The van der Waals surface area contributed by atoms with E-state index in [1.807, 2.05) is 6.07 Å². The molecule has 41 heavy (non-hydrogen) atoms. The number of carbonyl (C=O) groups is 1. The number of aromatic nitrogens is 1. The lowest BCUT2D eigenvalue weighted by Gasteiger charge is -2.24. The van der Waals surface area contributed by atoms with E-state index in [9.17, 15) is 14.0 Å². The summed E-state index contributed by atoms with van der Waals surface area (Å²) in [6.45, 7) is 3.90. The van der Waals surface area contributed by atoms with Crippen molar-refractivity contribution >= 4 is 35.0 Å². The molecule has 2 heterocycles. The number of allylic oxidation sites excluding steroid dienone is 1. The number of hydrogen-bond acceptors (Lipinski definition) is 7. The number of methoxy groups -OCH3 is 1. The van der Waals surface area contributed by atoms with Gasteiger partial charge in [0.05, 0.1) is 35.6 Å². The summed E-state index contributed by atoms with van der Waals surface area (Å²) < 4.78 is 31.9. The zero-order valence-electron chi connectivity index (χ0n) is 22.5. The molecule has 0 amide bonds. The second kappa shape index (κ2) is 12.1. The molecular weight excluding hydrogens is 567 g/mol. The maximum atomic E-state index is 13.8. The minimum absolute atomic E-state index is 0.193. The SMILES string of the molecule is CCOC(=O)C1=C(C)N=c2s/c(=C\c3ccc(OCc4ccc(F)cc4)c(OC)c3)c(=O)n2[C@H]1c1ccc(Cl)cc1. The highest BCUT2D eigenvalue weighted by atomic mass is 35.5. The summed E-state index contributed by atoms with van der Waals surface area (Å²) in [7, 11) is 1.53. The van der Waals surface area contributed by atoms with Crippen LogP contribution in [0.25, 0.3) is 6.08 Å². The first-order valence-corrected chi connectivity index (χ1v) is 14.0. The molecule has 0 saturated heterocycles. The lowest BCUT2D eigenvalue weighted by Crippen LogP contribution is -2.39. The van der Waals surface area contributed by atoms with Gasteiger partial charge in [0.1, 0.15) is 12.4 Å². The minimum atomic E-state index is -0.721. The maximum absolute atomic E-state index is 13.8. The van der Waals surface area contributed by atoms with Crippen molar-refractivity contribution in [2.45, 2.75) is 26.5 Å². The molecule has 1 aliphatic rings. The van der Waals surface area contributed by atoms with E-state index in [0.717, 1.165) is 5.56 Å². The van der Waals surface area contributed by atoms with Gasteiger partial charge >= 0.3 is 5.97 Å². The van der Waals surface area contributed by atoms with E-state index < -0.39 is 12.0 Å². The summed E-state index contributed by atoms with van der Waals surface area (Å²) in [6, 6.07) is 17.7. The molecule has 0 unspecified atom stereocenters. The van der Waals surface area contributed by atoms with Gasteiger partial charge in [-0.2, -0.15) is 0 Å². The first kappa shape index (κ1) is 28.3. The number of hydrogen-bond donors (Lipinski definition) is 0. The molecule has 0 bridgehead atoms. The fraction of sp³-hybridized carbons (Fsp3) is 0.194. The minimum Gasteiger partial charge on any atom is -0.493 e. The van der Waals surface area contributed by atoms with Crippen molar-refractivity contribution in [2.24, 2.45) is 4.99 Å². The standard InChI is InChI=1S/C31H26ClFN2O5S/c1-4-39-30(37)27-18(2)34-31-35(28(27)21-8-10-22(32)11-9-21)29(36)26(41-31)16-20-7-14-24(25(15-20)38-3)40-17-19-5-12-23(33)13-6-19/h5-16,28H,4,17H2,1-3H3/b26-16-/t28-/m0/s1. The first-order valence-electron chi connectivity index (χ1n) is 12.8. The van der Waals surface area contributed by atoms with Crippen molar-refractivity contribution in [3.05, 3.63) is 125 Å². The van der Waals surface area contributed by atoms with Crippen LogP contribution >= 0.6 is 22.9 Å². The number of rotatable bonds is 8. The topological polar surface area (TPSA) is 79.1 Å². The van der Waals surface area contributed by atoms with Crippen LogP contribution in [-0.4, -0.2) is 24.3 Å². The Balaban J connectivity index is 1.53. The number of benzene rings is 3. The van der Waals surface area contributed by atoms with Crippen molar-refractivity contribution in [3.63, 3.8) is 0 Å². The van der Waals surface area contributed by atoms with E-state index in [1.165, 1.54) is 35.1 Å². The molecule has 0 radical (unpaired) electrons. The molecule has 4 aromatic rings. The Hall–Kier alpha value is -4.21. The van der Waals surface area contributed by atoms with E-state index in [0.29, 0.717) is 48.3 Å². The quantitative estimate of drug-likeness (QED) is 0.264. The molecule has 1 aromatic heterocycles. The highest BCUT2D eigenvalue weighted by molar-refractivity contribution is 7.07. The highest BCUT2D eigenvalue weighted by Crippen LogP contribution is 2.32. The smallest absolute Gasteiger partial charge is 0.338 e. The number of carbonyl (C=O) groups excluding carboxylic acids is 1. The summed E-state index contributed by atoms with van der Waals surface area (Å²) in [5, 5.41) is 0.540. The lowest BCUT2D eigenvalue weighted by molar-refractivity contribution is -0.139. The van der Waals surface area contributed by atoms with Crippen LogP contribution in [0.3, 0.4) is 0 Å². The van der Waals surface area contributed by atoms with E-state index in [4.69, 9.17) is 25.8 Å². The van der Waals surface area contributed by atoms with Crippen LogP contribution in [0.2, 0.25) is 5.02 Å². The van der Waals surface area contributed by atoms with Crippen molar-refractivity contribution in [3.8, 4) is 11.5 Å². The van der Waals surface area contributed by atoms with Gasteiger partial charge < -0.3 is 14.2 Å². The van der Waals surface area contributed by atoms with Crippen LogP contribution in [0.1, 0.15) is 36.6 Å². The second-order valence-electron chi connectivity index (χ2n) is 9.18. The lowest BCUT2D eigenvalue weighted by atomic mass is 9.96. The average molecular weight is 593 g/mol. The van der Waals surface area contributed by atoms with E-state index >= 15 is 0 Å². The molecule has 0 aliphatic carbocycles. The Morgan fingerprint density at radius 3 is 2.51 bits per heavy atom. The number of nitrogens with zero attached hydrogens (tertiary/aromatic N) is 2. The Morgan fingerprint density at radius 1 is 1.10 bits per heavy atom. The molecule has 0 saturated carbocycles. The third-order valence-electron chi connectivity index (χ3n) is 6.50. The summed E-state index contributed by atoms with van der Waals surface area (Å²) >= 11 is 7.35. The number of ether oxygens (including phenoxy) is 3. The molecule has 1 atom stereocenters. The van der Waals surface area contributed by atoms with Crippen LogP contribution < -0.4 is 24.4 Å². The van der Waals surface area contributed by atoms with Crippen LogP contribution in [0.15, 0.2) is 87.8 Å². The highest BCUT2D eigenvalue weighted by Gasteiger charge is 2.33. The molecule has 3 aromatic carbocycles. The predicted molar refractivity (Wildman–Crippen MR) is 156 cm³/mol. The zero-order valence-corrected chi connectivity index (χ0v) is 24.1. The van der Waals surface area contributed by atoms with Crippen LogP contribution in [-0.2, 0) is 16.1 Å². The third-order valence-corrected chi connectivity index (χ3v) is 7.73. The molecule has 10 heteroatoms. The largest absolute Gasteiger partial charge is 0.493 e. The van der Waals surface area contributed by atoms with Gasteiger partial charge in [0.25, 0.3) is 5.56 Å². The Labute approximate surface area is 244 Å². The van der Waals surface area contributed by atoms with E-state index in [1.54, 1.807) is 68.5 Å². The number of fused-ring (bicyclic) bond motifs is 1. The van der Waals surface area contributed by atoms with E-state index in [2.05, 4.69) is 4.99 Å².